The van der Waals surface area contributed by atoms with Gasteiger partial charge >= 0.3 is 0 Å². The smallest absolute Gasteiger partial charge is 0.256 e. The predicted octanol–water partition coefficient (Wildman–Crippen LogP) is 3.93. The zero-order valence-electron chi connectivity index (χ0n) is 20.7. The van der Waals surface area contributed by atoms with Crippen LogP contribution >= 0.6 is 0 Å². The fourth-order valence-electron chi connectivity index (χ4n) is 5.07. The van der Waals surface area contributed by atoms with Gasteiger partial charge in [0.2, 0.25) is 0 Å². The quantitative estimate of drug-likeness (QED) is 0.425. The number of rotatable bonds is 5. The van der Waals surface area contributed by atoms with Crippen molar-refractivity contribution >= 4 is 28.3 Å². The summed E-state index contributed by atoms with van der Waals surface area (Å²) in [7, 11) is 0. The molecule has 2 N–H and O–H groups in total. The van der Waals surface area contributed by atoms with Crippen molar-refractivity contribution in [2.75, 3.05) is 6.54 Å². The standard InChI is InChI=1S/C27H27FN4O5/c1-13-18(27(35)31-12-21(33)14(31)2)11-32-25(13)22(8-9-29-32)37-16-4-5-17-23(10-16)36-15(3)24(17)26(34)30-20-7-6-19(20)28/h4-5,8-11,14,19-21,33H,6-7,12H2,1-3H3,(H,30,34)/t14-,19+,20-,21+/m1/s1. The van der Waals surface area contributed by atoms with Gasteiger partial charge in [0.1, 0.15) is 28.8 Å². The highest BCUT2D eigenvalue weighted by atomic mass is 19.1. The van der Waals surface area contributed by atoms with Crippen molar-refractivity contribution in [2.24, 2.45) is 0 Å². The minimum atomic E-state index is -1.01. The minimum Gasteiger partial charge on any atom is -0.460 e. The molecule has 1 aliphatic heterocycles. The molecule has 1 saturated carbocycles. The van der Waals surface area contributed by atoms with Gasteiger partial charge in [-0.05, 0) is 51.3 Å². The topological polar surface area (TPSA) is 109 Å². The molecular formula is C27H27FN4O5. The third kappa shape index (κ3) is 3.74. The van der Waals surface area contributed by atoms with Crippen LogP contribution in [-0.2, 0) is 0 Å². The number of ether oxygens (including phenoxy) is 1. The van der Waals surface area contributed by atoms with E-state index in [9.17, 15) is 19.1 Å². The largest absolute Gasteiger partial charge is 0.460 e. The maximum atomic E-state index is 13.6. The van der Waals surface area contributed by atoms with Gasteiger partial charge in [-0.2, -0.15) is 5.10 Å². The number of aliphatic hydroxyl groups is 1. The molecule has 37 heavy (non-hydrogen) atoms. The fourth-order valence-corrected chi connectivity index (χ4v) is 5.07. The average molecular weight is 507 g/mol. The van der Waals surface area contributed by atoms with Crippen molar-refractivity contribution in [3.05, 3.63) is 59.1 Å². The summed E-state index contributed by atoms with van der Waals surface area (Å²) < 4.78 is 27.3. The van der Waals surface area contributed by atoms with E-state index in [1.807, 2.05) is 13.8 Å². The molecule has 1 aliphatic carbocycles. The average Bonchev–Trinajstić information content (AvgIpc) is 3.40. The highest BCUT2D eigenvalue weighted by Crippen LogP contribution is 2.35. The molecule has 3 aromatic heterocycles. The summed E-state index contributed by atoms with van der Waals surface area (Å²) >= 11 is 0. The summed E-state index contributed by atoms with van der Waals surface area (Å²) in [6.45, 7) is 5.67. The van der Waals surface area contributed by atoms with Crippen molar-refractivity contribution in [1.82, 2.24) is 19.8 Å². The van der Waals surface area contributed by atoms with E-state index in [4.69, 9.17) is 9.15 Å². The number of hydrogen-bond donors (Lipinski definition) is 2. The Morgan fingerprint density at radius 2 is 2.05 bits per heavy atom. The van der Waals surface area contributed by atoms with Crippen LogP contribution in [0.4, 0.5) is 4.39 Å². The second-order valence-corrected chi connectivity index (χ2v) is 9.89. The van der Waals surface area contributed by atoms with Crippen LogP contribution in [0.25, 0.3) is 16.5 Å². The number of aliphatic hydroxyl groups excluding tert-OH is 1. The van der Waals surface area contributed by atoms with Gasteiger partial charge in [0.25, 0.3) is 11.8 Å². The second kappa shape index (κ2) is 8.58. The number of furan rings is 1. The molecule has 2 amide bonds. The third-order valence-corrected chi connectivity index (χ3v) is 7.61. The monoisotopic (exact) mass is 506 g/mol. The van der Waals surface area contributed by atoms with Crippen molar-refractivity contribution in [3.63, 3.8) is 0 Å². The first-order valence-electron chi connectivity index (χ1n) is 12.3. The Morgan fingerprint density at radius 1 is 1.24 bits per heavy atom. The number of β-amino-alcohol motifs (C(OH)–C–C–N with tert-alkyl or cyclic N) is 1. The molecule has 9 nitrogen and oxygen atoms in total. The van der Waals surface area contributed by atoms with Crippen LogP contribution in [0.2, 0.25) is 0 Å². The van der Waals surface area contributed by atoms with E-state index < -0.39 is 18.3 Å². The number of likely N-dealkylation sites (tertiary alicyclic amines) is 1. The molecule has 2 fully saturated rings. The fraction of sp³-hybridized carbons (Fsp3) is 0.370. The zero-order chi connectivity index (χ0) is 26.0. The van der Waals surface area contributed by atoms with Gasteiger partial charge in [0, 0.05) is 30.3 Å². The Hall–Kier alpha value is -3.92. The van der Waals surface area contributed by atoms with Crippen LogP contribution in [0.1, 0.15) is 51.8 Å². The lowest BCUT2D eigenvalue weighted by Crippen LogP contribution is -2.60. The first-order valence-corrected chi connectivity index (χ1v) is 12.3. The van der Waals surface area contributed by atoms with Crippen molar-refractivity contribution in [3.8, 4) is 11.5 Å². The van der Waals surface area contributed by atoms with Gasteiger partial charge < -0.3 is 24.5 Å². The number of alkyl halides is 1. The Labute approximate surface area is 211 Å². The number of halogens is 1. The Bertz CT molecular complexity index is 1560. The van der Waals surface area contributed by atoms with Gasteiger partial charge in [0.15, 0.2) is 5.75 Å². The van der Waals surface area contributed by atoms with E-state index in [2.05, 4.69) is 10.4 Å². The molecule has 0 spiro atoms. The Kier molecular flexibility index (Phi) is 5.45. The lowest BCUT2D eigenvalue weighted by Gasteiger charge is -2.43. The van der Waals surface area contributed by atoms with Crippen LogP contribution in [0.15, 0.2) is 41.1 Å². The van der Waals surface area contributed by atoms with Gasteiger partial charge in [-0.25, -0.2) is 8.91 Å². The molecular weight excluding hydrogens is 479 g/mol. The SMILES string of the molecule is Cc1oc2cc(Oc3ccnn4cc(C(=O)N5C[C@H](O)[C@H]5C)c(C)c34)ccc2c1C(=O)N[C@@H]1CC[C@@H]1F. The van der Waals surface area contributed by atoms with Crippen molar-refractivity contribution < 1.29 is 28.2 Å². The van der Waals surface area contributed by atoms with E-state index in [0.717, 1.165) is 5.56 Å². The molecule has 4 heterocycles. The molecule has 0 unspecified atom stereocenters. The summed E-state index contributed by atoms with van der Waals surface area (Å²) in [5.41, 5.74) is 2.73. The molecule has 2 aliphatic rings. The highest BCUT2D eigenvalue weighted by Gasteiger charge is 2.39. The number of nitrogens with one attached hydrogen (secondary N) is 1. The second-order valence-electron chi connectivity index (χ2n) is 9.89. The first-order chi connectivity index (χ1) is 17.7. The van der Waals surface area contributed by atoms with Crippen LogP contribution < -0.4 is 10.1 Å². The number of carbonyl (C=O) groups is 2. The first kappa shape index (κ1) is 23.5. The molecule has 192 valence electrons. The minimum absolute atomic E-state index is 0.161. The van der Waals surface area contributed by atoms with E-state index in [-0.39, 0.29) is 17.9 Å². The Balaban J connectivity index is 1.29. The van der Waals surface area contributed by atoms with E-state index in [0.29, 0.717) is 64.3 Å². The number of fused-ring (bicyclic) bond motifs is 2. The maximum Gasteiger partial charge on any atom is 0.256 e. The molecule has 4 atom stereocenters. The lowest BCUT2D eigenvalue weighted by atomic mass is 9.90. The van der Waals surface area contributed by atoms with Crippen molar-refractivity contribution in [1.29, 1.82) is 0 Å². The number of benzene rings is 1. The molecule has 10 heteroatoms. The summed E-state index contributed by atoms with van der Waals surface area (Å²) in [6, 6.07) is 6.21. The summed E-state index contributed by atoms with van der Waals surface area (Å²) in [6.07, 6.45) is 2.84. The van der Waals surface area contributed by atoms with Gasteiger partial charge in [-0.3, -0.25) is 9.59 Å². The van der Waals surface area contributed by atoms with Crippen LogP contribution in [0, 0.1) is 13.8 Å². The van der Waals surface area contributed by atoms with Gasteiger partial charge in [-0.1, -0.05) is 0 Å². The van der Waals surface area contributed by atoms with E-state index in [1.54, 1.807) is 53.0 Å². The number of aryl methyl sites for hydroxylation is 2. The maximum absolute atomic E-state index is 13.6. The third-order valence-electron chi connectivity index (χ3n) is 7.61. The molecule has 0 bridgehead atoms. The molecule has 1 aromatic carbocycles. The number of nitrogens with zero attached hydrogens (tertiary/aromatic N) is 3. The summed E-state index contributed by atoms with van der Waals surface area (Å²) in [5, 5.41) is 17.5. The Morgan fingerprint density at radius 3 is 2.73 bits per heavy atom. The number of hydrogen-bond acceptors (Lipinski definition) is 6. The van der Waals surface area contributed by atoms with E-state index in [1.165, 1.54) is 0 Å². The summed E-state index contributed by atoms with van der Waals surface area (Å²) in [5.74, 6) is 0.922. The molecule has 0 radical (unpaired) electrons. The zero-order valence-corrected chi connectivity index (χ0v) is 20.7. The number of amides is 2. The van der Waals surface area contributed by atoms with Crippen LogP contribution in [0.5, 0.6) is 11.5 Å². The van der Waals surface area contributed by atoms with Gasteiger partial charge in [-0.15, -0.1) is 0 Å². The lowest BCUT2D eigenvalue weighted by molar-refractivity contribution is -0.0357. The highest BCUT2D eigenvalue weighted by molar-refractivity contribution is 6.07. The van der Waals surface area contributed by atoms with E-state index >= 15 is 0 Å². The molecule has 4 aromatic rings. The van der Waals surface area contributed by atoms with Crippen LogP contribution in [0.3, 0.4) is 0 Å². The van der Waals surface area contributed by atoms with Crippen molar-refractivity contribution in [2.45, 2.75) is 58.0 Å². The number of aromatic nitrogens is 2. The molecule has 1 saturated heterocycles. The normalized spacial score (nSPS) is 23.1. The van der Waals surface area contributed by atoms with Gasteiger partial charge in [0.05, 0.1) is 35.5 Å². The summed E-state index contributed by atoms with van der Waals surface area (Å²) in [4.78, 5) is 27.5. The molecule has 6 rings (SSSR count). The predicted molar refractivity (Wildman–Crippen MR) is 133 cm³/mol. The van der Waals surface area contributed by atoms with Crippen LogP contribution in [-0.4, -0.2) is 62.3 Å². The number of carbonyl (C=O) groups excluding carboxylic acids is 2.